The predicted molar refractivity (Wildman–Crippen MR) is 309 cm³/mol. The van der Waals surface area contributed by atoms with Gasteiger partial charge in [-0.1, -0.05) is 103 Å². The second-order valence-corrected chi connectivity index (χ2v) is 19.2. The Morgan fingerprint density at radius 3 is 1.26 bits per heavy atom. The van der Waals surface area contributed by atoms with Crippen LogP contribution in [0.4, 0.5) is 56.9 Å². The fraction of sp³-hybridized carbons (Fsp3) is 0.0169. The van der Waals surface area contributed by atoms with Gasteiger partial charge in [-0.3, -0.25) is 0 Å². The molecule has 0 aromatic heterocycles. The molecule has 408 valence electrons. The van der Waals surface area contributed by atoms with Gasteiger partial charge in [0.05, 0.1) is 56.0 Å². The molecular formula is C59H42N10Na2O11S2. The number of fused-ring (bicyclic) bond motifs is 2. The summed E-state index contributed by atoms with van der Waals surface area (Å²) < 4.78 is 39.8. The van der Waals surface area contributed by atoms with Gasteiger partial charge in [-0.05, 0) is 125 Å². The van der Waals surface area contributed by atoms with E-state index in [0.717, 1.165) is 28.3 Å². The molecule has 0 heterocycles. The van der Waals surface area contributed by atoms with Gasteiger partial charge in [0.1, 0.15) is 32.8 Å². The van der Waals surface area contributed by atoms with Crippen molar-refractivity contribution in [2.45, 2.75) is 11.8 Å². The van der Waals surface area contributed by atoms with Crippen LogP contribution < -0.4 is 75.5 Å². The number of anilines is 2. The number of hydrogen-bond donors (Lipinski definition) is 5. The number of nitrogens with zero attached hydrogens (tertiary/aromatic N) is 8. The van der Waals surface area contributed by atoms with E-state index in [2.05, 4.69) is 63.2 Å². The van der Waals surface area contributed by atoms with E-state index in [0.29, 0.717) is 73.0 Å². The summed E-state index contributed by atoms with van der Waals surface area (Å²) in [5, 5.41) is 67.8. The van der Waals surface area contributed by atoms with Crippen LogP contribution in [0.5, 0.6) is 11.5 Å². The van der Waals surface area contributed by atoms with E-state index in [4.69, 9.17) is 21.5 Å². The van der Waals surface area contributed by atoms with E-state index in [1.807, 2.05) is 84.9 Å². The van der Waals surface area contributed by atoms with Crippen molar-refractivity contribution in [2.75, 3.05) is 11.5 Å². The van der Waals surface area contributed by atoms with E-state index in [9.17, 15) is 32.8 Å². The van der Waals surface area contributed by atoms with Crippen molar-refractivity contribution in [1.82, 2.24) is 0 Å². The largest absolute Gasteiger partial charge is 1.00 e. The van der Waals surface area contributed by atoms with Gasteiger partial charge in [0, 0.05) is 27.6 Å². The average Bonchev–Trinajstić information content (AvgIpc) is 3.08. The topological polar surface area (TPSA) is 331 Å². The van der Waals surface area contributed by atoms with E-state index < -0.39 is 27.0 Å². The Labute approximate surface area is 528 Å². The maximum atomic E-state index is 11.9. The normalized spacial score (nSPS) is 11.4. The summed E-state index contributed by atoms with van der Waals surface area (Å²) in [5.41, 5.74) is 21.0. The first-order chi connectivity index (χ1) is 39.5. The number of carbonyl (C=O) groups is 2. The molecule has 25 heteroatoms. The third-order valence-corrected chi connectivity index (χ3v) is 13.3. The minimum absolute atomic E-state index is 0. The fourth-order valence-corrected chi connectivity index (χ4v) is 8.92. The molecule has 0 aliphatic rings. The molecule has 0 saturated heterocycles. The summed E-state index contributed by atoms with van der Waals surface area (Å²) in [6.45, 7) is 1.73. The first kappa shape index (κ1) is 63.0. The molecule has 10 aromatic carbocycles. The average molecular weight is 1180 g/mol. The Hall–Kier alpha value is -8.56. The van der Waals surface area contributed by atoms with E-state index in [1.54, 1.807) is 79.7 Å². The second kappa shape index (κ2) is 28.6. The van der Waals surface area contributed by atoms with Crippen LogP contribution in [-0.2, 0) is 32.4 Å². The maximum absolute atomic E-state index is 11.9. The third kappa shape index (κ3) is 15.5. The Morgan fingerprint density at radius 1 is 0.476 bits per heavy atom. The molecule has 0 aliphatic carbocycles. The molecule has 0 atom stereocenters. The van der Waals surface area contributed by atoms with Crippen LogP contribution >= 0.6 is 0 Å². The molecule has 0 saturated carbocycles. The molecule has 0 spiro atoms. The Morgan fingerprint density at radius 2 is 0.833 bits per heavy atom. The first-order valence-electron chi connectivity index (χ1n) is 24.2. The van der Waals surface area contributed by atoms with Crippen molar-refractivity contribution in [1.29, 1.82) is 0 Å². The molecule has 0 amide bonds. The number of benzene rings is 10. The van der Waals surface area contributed by atoms with Crippen molar-refractivity contribution in [3.63, 3.8) is 0 Å². The Balaban J connectivity index is 0.000000242. The summed E-state index contributed by atoms with van der Waals surface area (Å²) in [5.74, 6) is -2.28. The number of hydrogen-bond acceptors (Lipinski definition) is 20. The van der Waals surface area contributed by atoms with Crippen LogP contribution in [0.1, 0.15) is 26.3 Å². The summed E-state index contributed by atoms with van der Waals surface area (Å²) in [7, 11) is -4.77. The predicted octanol–water partition coefficient (Wildman–Crippen LogP) is 9.87. The minimum Gasteiger partial charge on any atom is -0.744 e. The Kier molecular flexibility index (Phi) is 21.5. The van der Waals surface area contributed by atoms with E-state index in [1.165, 1.54) is 30.3 Å². The van der Waals surface area contributed by atoms with E-state index in [-0.39, 0.29) is 92.8 Å². The van der Waals surface area contributed by atoms with Crippen LogP contribution in [0, 0.1) is 6.92 Å². The number of rotatable bonds is 16. The molecule has 21 nitrogen and oxygen atoms in total. The van der Waals surface area contributed by atoms with Gasteiger partial charge in [-0.2, -0.15) is 30.7 Å². The second-order valence-electron chi connectivity index (χ2n) is 17.7. The van der Waals surface area contributed by atoms with Gasteiger partial charge < -0.3 is 53.5 Å². The number of carboxylic acid groups (broad SMARTS) is 2. The summed E-state index contributed by atoms with van der Waals surface area (Å²) >= 11 is 4.31. The van der Waals surface area contributed by atoms with Gasteiger partial charge in [0.2, 0.25) is 0 Å². The molecule has 84 heavy (non-hydrogen) atoms. The zero-order valence-corrected chi connectivity index (χ0v) is 50.3. The van der Waals surface area contributed by atoms with Crippen molar-refractivity contribution in [3.8, 4) is 33.8 Å². The summed E-state index contributed by atoms with van der Waals surface area (Å²) in [6.07, 6.45) is 0. The number of aryl methyl sites for hydroxylation is 1. The minimum atomic E-state index is -4.77. The Bertz CT molecular complexity index is 4180. The zero-order chi connectivity index (χ0) is 57.9. The van der Waals surface area contributed by atoms with Gasteiger partial charge >= 0.3 is 71.1 Å². The van der Waals surface area contributed by atoms with Crippen LogP contribution in [0.3, 0.4) is 0 Å². The van der Waals surface area contributed by atoms with E-state index >= 15 is 0 Å². The van der Waals surface area contributed by atoms with Gasteiger partial charge in [0.25, 0.3) is 0 Å². The summed E-state index contributed by atoms with van der Waals surface area (Å²) in [6, 6.07) is 54.7. The molecular weight excluding hydrogens is 1130 g/mol. The van der Waals surface area contributed by atoms with Crippen molar-refractivity contribution >= 4 is 113 Å². The van der Waals surface area contributed by atoms with Gasteiger partial charge in [0.15, 0.2) is 5.75 Å². The standard InChI is InChI=1S/C32H24N6O6S2.C27H20N4O5.2Na/c33-31-25-7-3-1-5-23(25)29(42-43-44-45)17-27(31)37-35-21-13-9-19(10-14-21)20-11-15-22(16-12-20)36-38-28-18-30(46(39,40)41)24-6-2-4-8-26(24)32(28)34;1-16-2-7-21(14-23(16)26(33)34)30-28-19-8-3-17(4-9-19)18-5-10-20(11-6-18)29-31-22-12-13-25(32)24(15-22)27(35)36;;/h1-18,45H,33-34H2,(H,39,40,41);2-15,32H,1H3,(H,33,34)(H,35,36);;/q;;2*+1/p-2. The smallest absolute Gasteiger partial charge is 0.744 e. The van der Waals surface area contributed by atoms with Crippen LogP contribution in [0.2, 0.25) is 0 Å². The first-order valence-corrected chi connectivity index (χ1v) is 26.0. The SMILES string of the molecule is Cc1ccc(N=Nc2ccc(-c3ccc(N=Nc4ccc(O)c(C(=O)O)c4)cc3)cc2)cc1C(=O)O.Nc1c(N=Nc2ccc(-c3ccc(N=Nc4cc(S(=O)(=O)[O-])c5ccccc5c4N)cc3)cc2)cc(OOO[S-])c2ccccc12.[Na+].[Na+]. The molecule has 0 radical (unpaired) electrons. The number of aromatic hydroxyl groups is 1. The van der Waals surface area contributed by atoms with Crippen molar-refractivity contribution in [2.24, 2.45) is 40.9 Å². The maximum Gasteiger partial charge on any atom is 1.00 e. The number of nitrogen functional groups attached to an aromatic ring is 2. The van der Waals surface area contributed by atoms with Crippen LogP contribution in [0.15, 0.2) is 240 Å². The number of azo groups is 4. The molecule has 0 aliphatic heterocycles. The summed E-state index contributed by atoms with van der Waals surface area (Å²) in [4.78, 5) is 27.1. The number of nitrogens with two attached hydrogens (primary N) is 2. The van der Waals surface area contributed by atoms with Crippen LogP contribution in [-0.4, -0.2) is 40.2 Å². The van der Waals surface area contributed by atoms with Crippen molar-refractivity contribution in [3.05, 3.63) is 211 Å². The molecule has 10 rings (SSSR count). The molecule has 0 unspecified atom stereocenters. The fourth-order valence-electron chi connectivity index (χ4n) is 8.19. The molecule has 10 aromatic rings. The molecule has 7 N–H and O–H groups in total. The van der Waals surface area contributed by atoms with Gasteiger partial charge in [-0.15, -0.1) is 10.2 Å². The zero-order valence-electron chi connectivity index (χ0n) is 44.6. The number of phenols is 1. The third-order valence-electron chi connectivity index (χ3n) is 12.4. The quantitative estimate of drug-likeness (QED) is 0.0114. The van der Waals surface area contributed by atoms with Gasteiger partial charge in [-0.25, -0.2) is 18.0 Å². The number of carboxylic acids is 2. The molecule has 0 bridgehead atoms. The monoisotopic (exact) mass is 1180 g/mol. The number of aromatic carboxylic acids is 2. The molecule has 0 fully saturated rings. The van der Waals surface area contributed by atoms with Crippen LogP contribution in [0.25, 0.3) is 43.8 Å². The van der Waals surface area contributed by atoms with Crippen molar-refractivity contribution < 1.29 is 111 Å².